The molecule has 0 bridgehead atoms. The van der Waals surface area contributed by atoms with Crippen LogP contribution in [-0.2, 0) is 0 Å². The molecular weight excluding hydrogens is 362 g/mol. The van der Waals surface area contributed by atoms with E-state index in [0.717, 1.165) is 21.1 Å². The molecule has 0 aliphatic heterocycles. The number of alkyl halides is 12. The standard InChI is InChI=1S/C10H12F12N/c1-23(2,3)4-6(13,14)8(17,18)10(21,22)9(19,20)7(15,16)5(11)12/h5H,4H2,1-3H3/q+1. The van der Waals surface area contributed by atoms with Gasteiger partial charge in [0.1, 0.15) is 6.54 Å². The lowest BCUT2D eigenvalue weighted by Crippen LogP contribution is -2.70. The Kier molecular flexibility index (Phi) is 5.37. The minimum absolute atomic E-state index is 0.800. The van der Waals surface area contributed by atoms with E-state index < -0.39 is 47.1 Å². The van der Waals surface area contributed by atoms with Crippen LogP contribution in [0.3, 0.4) is 0 Å². The molecule has 0 aliphatic carbocycles. The third-order valence-electron chi connectivity index (χ3n) is 2.61. The van der Waals surface area contributed by atoms with Crippen molar-refractivity contribution >= 4 is 0 Å². The molecule has 0 fully saturated rings. The van der Waals surface area contributed by atoms with Gasteiger partial charge in [-0.3, -0.25) is 0 Å². The van der Waals surface area contributed by atoms with Crippen LogP contribution in [0.2, 0.25) is 0 Å². The molecule has 0 heterocycles. The fourth-order valence-corrected chi connectivity index (χ4v) is 1.47. The van der Waals surface area contributed by atoms with Crippen LogP contribution in [0, 0.1) is 0 Å². The summed E-state index contributed by atoms with van der Waals surface area (Å²) in [6.07, 6.45) is -5.48. The van der Waals surface area contributed by atoms with Gasteiger partial charge in [-0.2, -0.15) is 43.9 Å². The summed E-state index contributed by atoms with van der Waals surface area (Å²) in [4.78, 5) is 0. The van der Waals surface area contributed by atoms with Gasteiger partial charge in [-0.15, -0.1) is 0 Å². The highest BCUT2D eigenvalue weighted by molar-refractivity contribution is 5.09. The average Bonchev–Trinajstić information content (AvgIpc) is 2.24. The van der Waals surface area contributed by atoms with Gasteiger partial charge in [0.2, 0.25) is 0 Å². The molecule has 0 atom stereocenters. The minimum atomic E-state index is -7.45. The largest absolute Gasteiger partial charge is 0.384 e. The summed E-state index contributed by atoms with van der Waals surface area (Å²) in [6.45, 7) is -2.15. The van der Waals surface area contributed by atoms with Crippen molar-refractivity contribution in [2.45, 2.75) is 36.0 Å². The second-order valence-corrected chi connectivity index (χ2v) is 5.80. The maximum atomic E-state index is 13.3. The number of quaternary nitrogens is 1. The molecule has 0 N–H and O–H groups in total. The van der Waals surface area contributed by atoms with Gasteiger partial charge in [-0.25, -0.2) is 8.78 Å². The molecule has 23 heavy (non-hydrogen) atoms. The quantitative estimate of drug-likeness (QED) is 0.464. The van der Waals surface area contributed by atoms with E-state index in [4.69, 9.17) is 0 Å². The normalized spacial score (nSPS) is 16.2. The number of halogens is 12. The van der Waals surface area contributed by atoms with Crippen LogP contribution in [0.25, 0.3) is 0 Å². The van der Waals surface area contributed by atoms with E-state index in [1.807, 2.05) is 0 Å². The Bertz CT molecular complexity index is 422. The van der Waals surface area contributed by atoms with Crippen molar-refractivity contribution in [2.24, 2.45) is 0 Å². The molecule has 140 valence electrons. The summed E-state index contributed by atoms with van der Waals surface area (Å²) in [5, 5.41) is 0. The van der Waals surface area contributed by atoms with E-state index >= 15 is 0 Å². The fourth-order valence-electron chi connectivity index (χ4n) is 1.47. The SMILES string of the molecule is C[N+](C)(C)CC(F)(F)C(F)(F)C(F)(F)C(F)(F)C(F)(F)C(F)F. The molecule has 0 rings (SSSR count). The third-order valence-corrected chi connectivity index (χ3v) is 2.61. The Morgan fingerprint density at radius 3 is 1.26 bits per heavy atom. The second-order valence-electron chi connectivity index (χ2n) is 5.80. The Labute approximate surface area is 122 Å². The lowest BCUT2D eigenvalue weighted by Gasteiger charge is -2.40. The molecule has 13 heteroatoms. The van der Waals surface area contributed by atoms with Gasteiger partial charge in [0.15, 0.2) is 0 Å². The first-order chi connectivity index (χ1) is 9.65. The van der Waals surface area contributed by atoms with Crippen molar-refractivity contribution in [3.05, 3.63) is 0 Å². The highest BCUT2D eigenvalue weighted by Crippen LogP contribution is 2.58. The van der Waals surface area contributed by atoms with Crippen molar-refractivity contribution < 1.29 is 57.2 Å². The molecule has 0 unspecified atom stereocenters. The van der Waals surface area contributed by atoms with E-state index in [0.29, 0.717) is 0 Å². The summed E-state index contributed by atoms with van der Waals surface area (Å²) >= 11 is 0. The predicted molar refractivity (Wildman–Crippen MR) is 53.6 cm³/mol. The zero-order valence-electron chi connectivity index (χ0n) is 11.8. The first kappa shape index (κ1) is 22.1. The van der Waals surface area contributed by atoms with Crippen LogP contribution in [0.15, 0.2) is 0 Å². The van der Waals surface area contributed by atoms with E-state index in [-0.39, 0.29) is 0 Å². The van der Waals surface area contributed by atoms with Crippen molar-refractivity contribution in [3.8, 4) is 0 Å². The second kappa shape index (κ2) is 5.59. The molecule has 0 amide bonds. The van der Waals surface area contributed by atoms with E-state index in [2.05, 4.69) is 0 Å². The molecule has 1 nitrogen and oxygen atoms in total. The van der Waals surface area contributed by atoms with E-state index in [1.165, 1.54) is 0 Å². The molecule has 0 aromatic rings. The molecule has 0 radical (unpaired) electrons. The predicted octanol–water partition coefficient (Wildman–Crippen LogP) is 4.13. The van der Waals surface area contributed by atoms with Crippen LogP contribution in [-0.4, -0.2) is 68.2 Å². The fraction of sp³-hybridized carbons (Fsp3) is 1.00. The number of hydrogen-bond acceptors (Lipinski definition) is 0. The monoisotopic (exact) mass is 374 g/mol. The van der Waals surface area contributed by atoms with Gasteiger partial charge in [0, 0.05) is 0 Å². The zero-order valence-corrected chi connectivity index (χ0v) is 11.8. The Balaban J connectivity index is 6.07. The molecule has 0 saturated carbocycles. The summed E-state index contributed by atoms with van der Waals surface area (Å²) < 4.78 is 153. The summed E-state index contributed by atoms with van der Waals surface area (Å²) in [5.74, 6) is -34.7. The van der Waals surface area contributed by atoms with Crippen LogP contribution in [0.1, 0.15) is 0 Å². The van der Waals surface area contributed by atoms with Crippen LogP contribution in [0.4, 0.5) is 52.7 Å². The maximum Gasteiger partial charge on any atom is 0.384 e. The molecule has 0 aliphatic rings. The van der Waals surface area contributed by atoms with Gasteiger partial charge < -0.3 is 4.48 Å². The van der Waals surface area contributed by atoms with Crippen LogP contribution >= 0.6 is 0 Å². The lowest BCUT2D eigenvalue weighted by atomic mass is 9.94. The highest BCUT2D eigenvalue weighted by Gasteiger charge is 2.88. The molecular formula is C10H12F12N+. The van der Waals surface area contributed by atoms with Gasteiger partial charge in [-0.05, 0) is 0 Å². The smallest absolute Gasteiger partial charge is 0.326 e. The van der Waals surface area contributed by atoms with Gasteiger partial charge in [-0.1, -0.05) is 0 Å². The van der Waals surface area contributed by atoms with Crippen molar-refractivity contribution in [1.29, 1.82) is 0 Å². The molecule has 0 aromatic carbocycles. The molecule has 0 saturated heterocycles. The average molecular weight is 374 g/mol. The summed E-state index contributed by atoms with van der Waals surface area (Å²) in [7, 11) is 2.40. The third kappa shape index (κ3) is 3.48. The number of rotatable bonds is 7. The van der Waals surface area contributed by atoms with Gasteiger partial charge >= 0.3 is 36.0 Å². The van der Waals surface area contributed by atoms with Crippen LogP contribution < -0.4 is 0 Å². The topological polar surface area (TPSA) is 0 Å². The Hall–Kier alpha value is -0.880. The lowest BCUT2D eigenvalue weighted by molar-refractivity contribution is -0.880. The van der Waals surface area contributed by atoms with E-state index in [9.17, 15) is 52.7 Å². The summed E-state index contributed by atoms with van der Waals surface area (Å²) in [5.41, 5.74) is 0. The first-order valence-electron chi connectivity index (χ1n) is 5.63. The Morgan fingerprint density at radius 2 is 1.00 bits per heavy atom. The van der Waals surface area contributed by atoms with Crippen molar-refractivity contribution in [1.82, 2.24) is 0 Å². The van der Waals surface area contributed by atoms with Crippen LogP contribution in [0.5, 0.6) is 0 Å². The maximum absolute atomic E-state index is 13.3. The summed E-state index contributed by atoms with van der Waals surface area (Å²) in [6, 6.07) is 0. The van der Waals surface area contributed by atoms with Gasteiger partial charge in [0.25, 0.3) is 0 Å². The highest BCUT2D eigenvalue weighted by atomic mass is 19.4. The van der Waals surface area contributed by atoms with Crippen molar-refractivity contribution in [2.75, 3.05) is 27.7 Å². The number of nitrogens with zero attached hydrogens (tertiary/aromatic N) is 1. The van der Waals surface area contributed by atoms with Crippen molar-refractivity contribution in [3.63, 3.8) is 0 Å². The minimum Gasteiger partial charge on any atom is -0.326 e. The zero-order chi connectivity index (χ0) is 19.3. The molecule has 0 aromatic heterocycles. The Morgan fingerprint density at radius 1 is 0.652 bits per heavy atom. The van der Waals surface area contributed by atoms with E-state index in [1.54, 1.807) is 0 Å². The molecule has 0 spiro atoms. The number of hydrogen-bond donors (Lipinski definition) is 0. The first-order valence-corrected chi connectivity index (χ1v) is 5.63. The van der Waals surface area contributed by atoms with Gasteiger partial charge in [0.05, 0.1) is 21.1 Å².